The predicted octanol–water partition coefficient (Wildman–Crippen LogP) is 2.53. The van der Waals surface area contributed by atoms with Crippen LogP contribution in [0.3, 0.4) is 0 Å². The highest BCUT2D eigenvalue weighted by Crippen LogP contribution is 2.24. The smallest absolute Gasteiger partial charge is 0.150 e. The van der Waals surface area contributed by atoms with Crippen molar-refractivity contribution in [2.45, 2.75) is 11.9 Å². The lowest BCUT2D eigenvalue weighted by Gasteiger charge is -2.10. The van der Waals surface area contributed by atoms with E-state index in [1.165, 1.54) is 18.2 Å². The van der Waals surface area contributed by atoms with E-state index >= 15 is 0 Å². The summed E-state index contributed by atoms with van der Waals surface area (Å²) < 4.78 is 17.8. The molecule has 0 saturated heterocycles. The lowest BCUT2D eigenvalue weighted by atomic mass is 10.3. The van der Waals surface area contributed by atoms with Crippen LogP contribution in [0.2, 0.25) is 0 Å². The second-order valence-electron chi connectivity index (χ2n) is 2.34. The molecule has 2 nitrogen and oxygen atoms in total. The standard InChI is InChI=1S/C8H9BrFNO/c1-5(9)12-8-4-6(10)2-3-7(8)11/h2-5H,11H2,1H3. The zero-order chi connectivity index (χ0) is 9.14. The van der Waals surface area contributed by atoms with Crippen molar-refractivity contribution in [3.8, 4) is 5.75 Å². The molecule has 0 aliphatic heterocycles. The summed E-state index contributed by atoms with van der Waals surface area (Å²) in [4.78, 5) is 0. The molecule has 0 heterocycles. The van der Waals surface area contributed by atoms with Gasteiger partial charge in [-0.2, -0.15) is 0 Å². The van der Waals surface area contributed by atoms with Gasteiger partial charge >= 0.3 is 0 Å². The van der Waals surface area contributed by atoms with E-state index in [0.29, 0.717) is 11.4 Å². The number of anilines is 1. The Bertz CT molecular complexity index is 278. The van der Waals surface area contributed by atoms with Gasteiger partial charge in [-0.05, 0) is 35.0 Å². The fourth-order valence-corrected chi connectivity index (χ4v) is 0.987. The Balaban J connectivity index is 2.90. The Morgan fingerprint density at radius 3 is 2.83 bits per heavy atom. The van der Waals surface area contributed by atoms with Gasteiger partial charge in [-0.25, -0.2) is 4.39 Å². The average Bonchev–Trinajstić information content (AvgIpc) is 1.96. The number of rotatable bonds is 2. The van der Waals surface area contributed by atoms with Crippen molar-refractivity contribution in [1.29, 1.82) is 0 Å². The minimum absolute atomic E-state index is 0.179. The molecule has 0 radical (unpaired) electrons. The molecule has 66 valence electrons. The minimum Gasteiger partial charge on any atom is -0.477 e. The molecule has 4 heteroatoms. The summed E-state index contributed by atoms with van der Waals surface area (Å²) in [5.41, 5.74) is 5.96. The maximum Gasteiger partial charge on any atom is 0.150 e. The molecular weight excluding hydrogens is 225 g/mol. The largest absolute Gasteiger partial charge is 0.477 e. The van der Waals surface area contributed by atoms with Gasteiger partial charge in [0.25, 0.3) is 0 Å². The van der Waals surface area contributed by atoms with E-state index in [1.807, 2.05) is 0 Å². The maximum absolute atomic E-state index is 12.6. The van der Waals surface area contributed by atoms with E-state index in [2.05, 4.69) is 15.9 Å². The van der Waals surface area contributed by atoms with Gasteiger partial charge in [-0.1, -0.05) is 0 Å². The van der Waals surface area contributed by atoms with E-state index < -0.39 is 0 Å². The number of alkyl halides is 1. The van der Waals surface area contributed by atoms with Gasteiger partial charge < -0.3 is 10.5 Å². The van der Waals surface area contributed by atoms with Crippen molar-refractivity contribution in [2.75, 3.05) is 5.73 Å². The van der Waals surface area contributed by atoms with Crippen LogP contribution in [0.1, 0.15) is 6.92 Å². The lowest BCUT2D eigenvalue weighted by molar-refractivity contribution is 0.314. The van der Waals surface area contributed by atoms with Crippen molar-refractivity contribution in [2.24, 2.45) is 0 Å². The first-order chi connectivity index (χ1) is 5.59. The summed E-state index contributed by atoms with van der Waals surface area (Å²) in [6.07, 6.45) is 0. The van der Waals surface area contributed by atoms with E-state index in [4.69, 9.17) is 10.5 Å². The summed E-state index contributed by atoms with van der Waals surface area (Å²) in [6, 6.07) is 4.02. The highest BCUT2D eigenvalue weighted by atomic mass is 79.9. The number of halogens is 2. The first-order valence-electron chi connectivity index (χ1n) is 3.45. The van der Waals surface area contributed by atoms with Crippen LogP contribution >= 0.6 is 15.9 Å². The molecule has 0 fully saturated rings. The average molecular weight is 234 g/mol. The van der Waals surface area contributed by atoms with Gasteiger partial charge in [0, 0.05) is 6.07 Å². The summed E-state index contributed by atoms with van der Waals surface area (Å²) in [7, 11) is 0. The van der Waals surface area contributed by atoms with Gasteiger partial charge in [0.15, 0.2) is 5.01 Å². The summed E-state index contributed by atoms with van der Waals surface area (Å²) in [6.45, 7) is 1.78. The fraction of sp³-hybridized carbons (Fsp3) is 0.250. The molecule has 12 heavy (non-hydrogen) atoms. The molecule has 1 rings (SSSR count). The van der Waals surface area contributed by atoms with Crippen LogP contribution in [0.25, 0.3) is 0 Å². The second kappa shape index (κ2) is 3.76. The first-order valence-corrected chi connectivity index (χ1v) is 4.37. The molecule has 1 aromatic carbocycles. The van der Waals surface area contributed by atoms with Crippen LogP contribution in [0.4, 0.5) is 10.1 Å². The zero-order valence-electron chi connectivity index (χ0n) is 6.55. The molecule has 0 aromatic heterocycles. The molecule has 1 unspecified atom stereocenters. The Morgan fingerprint density at radius 2 is 2.25 bits per heavy atom. The van der Waals surface area contributed by atoms with Gasteiger partial charge in [0.05, 0.1) is 5.69 Å². The normalized spacial score (nSPS) is 12.6. The summed E-state index contributed by atoms with van der Waals surface area (Å²) >= 11 is 3.17. The molecule has 0 aliphatic carbocycles. The Kier molecular flexibility index (Phi) is 2.92. The van der Waals surface area contributed by atoms with Crippen LogP contribution in [-0.4, -0.2) is 5.01 Å². The van der Waals surface area contributed by atoms with E-state index in [1.54, 1.807) is 6.92 Å². The second-order valence-corrected chi connectivity index (χ2v) is 3.63. The third-order valence-electron chi connectivity index (χ3n) is 1.26. The summed E-state index contributed by atoms with van der Waals surface area (Å²) in [5.74, 6) is 0.00623. The van der Waals surface area contributed by atoms with Crippen LogP contribution in [-0.2, 0) is 0 Å². The van der Waals surface area contributed by atoms with Gasteiger partial charge in [0.2, 0.25) is 0 Å². The van der Waals surface area contributed by atoms with Crippen molar-refractivity contribution < 1.29 is 9.13 Å². The molecule has 2 N–H and O–H groups in total. The highest BCUT2D eigenvalue weighted by Gasteiger charge is 2.04. The molecule has 0 bridgehead atoms. The Morgan fingerprint density at radius 1 is 1.58 bits per heavy atom. The molecule has 0 amide bonds. The minimum atomic E-state index is -0.354. The Labute approximate surface area is 78.6 Å². The zero-order valence-corrected chi connectivity index (χ0v) is 8.14. The molecule has 0 saturated carbocycles. The number of hydrogen-bond acceptors (Lipinski definition) is 2. The number of nitrogens with two attached hydrogens (primary N) is 1. The first kappa shape index (κ1) is 9.32. The van der Waals surface area contributed by atoms with Crippen molar-refractivity contribution in [3.05, 3.63) is 24.0 Å². The van der Waals surface area contributed by atoms with Crippen LogP contribution in [0, 0.1) is 5.82 Å². The molecular formula is C8H9BrFNO. The van der Waals surface area contributed by atoms with E-state index in [0.717, 1.165) is 0 Å². The van der Waals surface area contributed by atoms with Crippen molar-refractivity contribution in [1.82, 2.24) is 0 Å². The monoisotopic (exact) mass is 233 g/mol. The van der Waals surface area contributed by atoms with E-state index in [-0.39, 0.29) is 10.8 Å². The third-order valence-corrected chi connectivity index (χ3v) is 1.45. The molecule has 1 aromatic rings. The lowest BCUT2D eigenvalue weighted by Crippen LogP contribution is -2.04. The fourth-order valence-electron chi connectivity index (χ4n) is 0.785. The quantitative estimate of drug-likeness (QED) is 0.630. The van der Waals surface area contributed by atoms with Gasteiger partial charge in [-0.3, -0.25) is 0 Å². The SMILES string of the molecule is CC(Br)Oc1cc(F)ccc1N. The maximum atomic E-state index is 12.6. The Hall–Kier alpha value is -0.770. The molecule has 0 aliphatic rings. The molecule has 1 atom stereocenters. The number of ether oxygens (including phenoxy) is 1. The number of benzene rings is 1. The van der Waals surface area contributed by atoms with E-state index in [9.17, 15) is 4.39 Å². The summed E-state index contributed by atoms with van der Waals surface area (Å²) in [5, 5.41) is -0.179. The third kappa shape index (κ3) is 2.37. The predicted molar refractivity (Wildman–Crippen MR) is 49.8 cm³/mol. The topological polar surface area (TPSA) is 35.2 Å². The number of hydrogen-bond donors (Lipinski definition) is 1. The van der Waals surface area contributed by atoms with Gasteiger partial charge in [0.1, 0.15) is 11.6 Å². The van der Waals surface area contributed by atoms with Crippen LogP contribution in [0.5, 0.6) is 5.75 Å². The van der Waals surface area contributed by atoms with Gasteiger partial charge in [-0.15, -0.1) is 0 Å². The highest BCUT2D eigenvalue weighted by molar-refractivity contribution is 9.09. The number of nitrogen functional groups attached to an aromatic ring is 1. The van der Waals surface area contributed by atoms with Crippen LogP contribution < -0.4 is 10.5 Å². The van der Waals surface area contributed by atoms with Crippen LogP contribution in [0.15, 0.2) is 18.2 Å². The van der Waals surface area contributed by atoms with Crippen molar-refractivity contribution in [3.63, 3.8) is 0 Å². The van der Waals surface area contributed by atoms with Crippen molar-refractivity contribution >= 4 is 21.6 Å². The molecule has 0 spiro atoms.